The van der Waals surface area contributed by atoms with E-state index in [2.05, 4.69) is 15.9 Å². The van der Waals surface area contributed by atoms with Crippen LogP contribution in [0.4, 0.5) is 0 Å². The molecule has 0 aliphatic heterocycles. The predicted molar refractivity (Wildman–Crippen MR) is 148 cm³/mol. The van der Waals surface area contributed by atoms with Gasteiger partial charge in [-0.3, -0.25) is 9.80 Å². The fourth-order valence-corrected chi connectivity index (χ4v) is 8.08. The van der Waals surface area contributed by atoms with Crippen LogP contribution in [0, 0.1) is 0 Å². The van der Waals surface area contributed by atoms with E-state index in [0.29, 0.717) is 24.2 Å². The number of hydrogen-bond donors (Lipinski definition) is 2. The SMILES string of the molecule is Oc1cc(O)c(CN(C2CCCCC2)C2CCCCC2)cc1CN(C1CCCCC1)C1CCCCC1. The number of benzene rings is 1. The Kier molecular flexibility index (Phi) is 9.52. The minimum absolute atomic E-state index is 0.287. The zero-order chi connectivity index (χ0) is 24.7. The highest BCUT2D eigenvalue weighted by Gasteiger charge is 2.32. The van der Waals surface area contributed by atoms with Crippen LogP contribution in [0.2, 0.25) is 0 Å². The Morgan fingerprint density at radius 3 is 1.00 bits per heavy atom. The van der Waals surface area contributed by atoms with E-state index in [0.717, 1.165) is 24.2 Å². The van der Waals surface area contributed by atoms with Crippen molar-refractivity contribution in [1.82, 2.24) is 9.80 Å². The van der Waals surface area contributed by atoms with Crippen molar-refractivity contribution in [3.8, 4) is 11.5 Å². The average molecular weight is 497 g/mol. The normalized spacial score (nSPS) is 24.1. The quantitative estimate of drug-likeness (QED) is 0.382. The molecule has 4 fully saturated rings. The molecule has 1 aromatic carbocycles. The van der Waals surface area contributed by atoms with Crippen LogP contribution in [0.3, 0.4) is 0 Å². The fourth-order valence-electron chi connectivity index (χ4n) is 8.08. The fraction of sp³-hybridized carbons (Fsp3) is 0.812. The van der Waals surface area contributed by atoms with Crippen LogP contribution in [0.1, 0.15) is 140 Å². The van der Waals surface area contributed by atoms with Gasteiger partial charge in [-0.05, 0) is 57.4 Å². The smallest absolute Gasteiger partial charge is 0.123 e. The molecule has 4 aliphatic rings. The van der Waals surface area contributed by atoms with Gasteiger partial charge in [0.25, 0.3) is 0 Å². The molecule has 0 spiro atoms. The lowest BCUT2D eigenvalue weighted by atomic mass is 9.87. The van der Waals surface area contributed by atoms with E-state index in [1.165, 1.54) is 128 Å². The molecule has 202 valence electrons. The van der Waals surface area contributed by atoms with Crippen LogP contribution in [0.25, 0.3) is 0 Å². The zero-order valence-corrected chi connectivity index (χ0v) is 22.8. The highest BCUT2D eigenvalue weighted by Crippen LogP contribution is 2.37. The van der Waals surface area contributed by atoms with Gasteiger partial charge in [0.15, 0.2) is 0 Å². The van der Waals surface area contributed by atoms with Crippen LogP contribution in [-0.2, 0) is 13.1 Å². The first-order valence-corrected chi connectivity index (χ1v) is 15.7. The number of aromatic hydroxyl groups is 2. The average Bonchev–Trinajstić information content (AvgIpc) is 2.94. The molecule has 4 aliphatic carbocycles. The van der Waals surface area contributed by atoms with E-state index in [9.17, 15) is 10.2 Å². The molecule has 0 radical (unpaired) electrons. The first kappa shape index (κ1) is 26.4. The summed E-state index contributed by atoms with van der Waals surface area (Å²) in [6.07, 6.45) is 26.7. The van der Waals surface area contributed by atoms with Crippen molar-refractivity contribution >= 4 is 0 Å². The molecule has 4 saturated carbocycles. The lowest BCUT2D eigenvalue weighted by molar-refractivity contribution is 0.0702. The van der Waals surface area contributed by atoms with Gasteiger partial charge in [-0.1, -0.05) is 77.0 Å². The minimum atomic E-state index is 0.287. The van der Waals surface area contributed by atoms with Gasteiger partial charge in [-0.2, -0.15) is 0 Å². The molecule has 0 saturated heterocycles. The monoisotopic (exact) mass is 496 g/mol. The van der Waals surface area contributed by atoms with Gasteiger partial charge in [0.2, 0.25) is 0 Å². The van der Waals surface area contributed by atoms with Crippen molar-refractivity contribution in [2.24, 2.45) is 0 Å². The summed E-state index contributed by atoms with van der Waals surface area (Å²) >= 11 is 0. The Bertz CT molecular complexity index is 703. The lowest BCUT2D eigenvalue weighted by Gasteiger charge is -2.42. The maximum Gasteiger partial charge on any atom is 0.123 e. The van der Waals surface area contributed by atoms with Gasteiger partial charge < -0.3 is 10.2 Å². The second kappa shape index (κ2) is 13.0. The molecule has 4 nitrogen and oxygen atoms in total. The Balaban J connectivity index is 1.37. The van der Waals surface area contributed by atoms with Gasteiger partial charge in [-0.25, -0.2) is 0 Å². The van der Waals surface area contributed by atoms with Crippen molar-refractivity contribution in [3.63, 3.8) is 0 Å². The maximum atomic E-state index is 11.0. The summed E-state index contributed by atoms with van der Waals surface area (Å²) < 4.78 is 0. The van der Waals surface area contributed by atoms with Gasteiger partial charge in [-0.15, -0.1) is 0 Å². The number of nitrogens with zero attached hydrogens (tertiary/aromatic N) is 2. The molecule has 0 atom stereocenters. The molecule has 0 unspecified atom stereocenters. The topological polar surface area (TPSA) is 46.9 Å². The van der Waals surface area contributed by atoms with E-state index in [-0.39, 0.29) is 11.5 Å². The summed E-state index contributed by atoms with van der Waals surface area (Å²) in [4.78, 5) is 5.54. The van der Waals surface area contributed by atoms with E-state index >= 15 is 0 Å². The Labute approximate surface area is 220 Å². The number of phenolic OH excluding ortho intramolecular Hbond substituents is 2. The second-order valence-corrected chi connectivity index (χ2v) is 12.6. The third-order valence-electron chi connectivity index (χ3n) is 10.2. The number of phenols is 2. The summed E-state index contributed by atoms with van der Waals surface area (Å²) in [6, 6.07) is 6.45. The van der Waals surface area contributed by atoms with Crippen LogP contribution in [-0.4, -0.2) is 44.2 Å². The lowest BCUT2D eigenvalue weighted by Crippen LogP contribution is -2.45. The zero-order valence-electron chi connectivity index (χ0n) is 22.8. The molecule has 4 heteroatoms. The standard InChI is InChI=1S/C32H52N2O2/c35-31-22-32(36)26(24-34(29-17-9-3-10-18-29)30-19-11-4-12-20-30)21-25(31)23-33(27-13-5-1-6-14-27)28-15-7-2-8-16-28/h21-22,27-30,35-36H,1-20,23-24H2. The van der Waals surface area contributed by atoms with Crippen molar-refractivity contribution in [2.45, 2.75) is 166 Å². The van der Waals surface area contributed by atoms with E-state index in [1.807, 2.05) is 0 Å². The van der Waals surface area contributed by atoms with Crippen molar-refractivity contribution in [3.05, 3.63) is 23.3 Å². The maximum absolute atomic E-state index is 11.0. The number of rotatable bonds is 8. The van der Waals surface area contributed by atoms with E-state index < -0.39 is 0 Å². The van der Waals surface area contributed by atoms with E-state index in [4.69, 9.17) is 0 Å². The molecule has 0 heterocycles. The Morgan fingerprint density at radius 1 is 0.444 bits per heavy atom. The highest BCUT2D eigenvalue weighted by atomic mass is 16.3. The third kappa shape index (κ3) is 6.59. The van der Waals surface area contributed by atoms with E-state index in [1.54, 1.807) is 6.07 Å². The summed E-state index contributed by atoms with van der Waals surface area (Å²) in [5.74, 6) is 0.574. The summed E-state index contributed by atoms with van der Waals surface area (Å²) in [5.41, 5.74) is 2.07. The summed E-state index contributed by atoms with van der Waals surface area (Å²) in [5, 5.41) is 22.0. The first-order valence-electron chi connectivity index (χ1n) is 15.7. The number of hydrogen-bond acceptors (Lipinski definition) is 4. The molecule has 0 aromatic heterocycles. The largest absolute Gasteiger partial charge is 0.507 e. The van der Waals surface area contributed by atoms with Gasteiger partial charge >= 0.3 is 0 Å². The summed E-state index contributed by atoms with van der Waals surface area (Å²) in [6.45, 7) is 1.67. The van der Waals surface area contributed by atoms with Crippen LogP contribution >= 0.6 is 0 Å². The Hall–Kier alpha value is -1.26. The van der Waals surface area contributed by atoms with Crippen LogP contribution in [0.15, 0.2) is 12.1 Å². The third-order valence-corrected chi connectivity index (χ3v) is 10.2. The predicted octanol–water partition coefficient (Wildman–Crippen LogP) is 8.03. The molecule has 2 N–H and O–H groups in total. The molecule has 1 aromatic rings. The van der Waals surface area contributed by atoms with Crippen molar-refractivity contribution in [1.29, 1.82) is 0 Å². The van der Waals surface area contributed by atoms with Crippen LogP contribution < -0.4 is 0 Å². The van der Waals surface area contributed by atoms with Gasteiger partial charge in [0.1, 0.15) is 11.5 Å². The molecule has 36 heavy (non-hydrogen) atoms. The van der Waals surface area contributed by atoms with Crippen LogP contribution in [0.5, 0.6) is 11.5 Å². The van der Waals surface area contributed by atoms with Crippen molar-refractivity contribution < 1.29 is 10.2 Å². The highest BCUT2D eigenvalue weighted by molar-refractivity contribution is 5.45. The molecule has 5 rings (SSSR count). The first-order chi connectivity index (χ1) is 17.7. The Morgan fingerprint density at radius 2 is 0.722 bits per heavy atom. The van der Waals surface area contributed by atoms with Crippen molar-refractivity contribution in [2.75, 3.05) is 0 Å². The molecular weight excluding hydrogens is 444 g/mol. The summed E-state index contributed by atoms with van der Waals surface area (Å²) in [7, 11) is 0. The minimum Gasteiger partial charge on any atom is -0.507 e. The molecular formula is C32H52N2O2. The van der Waals surface area contributed by atoms with Gasteiger partial charge in [0.05, 0.1) is 0 Å². The molecule has 0 bridgehead atoms. The van der Waals surface area contributed by atoms with Gasteiger partial charge in [0, 0.05) is 54.5 Å². The second-order valence-electron chi connectivity index (χ2n) is 12.6. The molecule has 0 amide bonds.